The van der Waals surface area contributed by atoms with E-state index < -0.39 is 11.5 Å². The smallest absolute Gasteiger partial charge is 0.410 e. The number of aromatic amines is 1. The molecule has 2 aromatic heterocycles. The number of carbonyl (C=O) groups is 2. The number of carbonyl (C=O) groups excluding carboxylic acids is 1. The van der Waals surface area contributed by atoms with E-state index in [1.807, 2.05) is 25.1 Å². The fourth-order valence-electron chi connectivity index (χ4n) is 5.72. The summed E-state index contributed by atoms with van der Waals surface area (Å²) in [5.41, 5.74) is 4.56. The van der Waals surface area contributed by atoms with E-state index >= 15 is 0 Å². The molecule has 168 valence electrons. The van der Waals surface area contributed by atoms with Crippen LogP contribution in [0.3, 0.4) is 0 Å². The lowest BCUT2D eigenvalue weighted by Gasteiger charge is -2.49. The van der Waals surface area contributed by atoms with Crippen molar-refractivity contribution in [3.8, 4) is 11.3 Å². The molecule has 1 saturated carbocycles. The first kappa shape index (κ1) is 20.9. The van der Waals surface area contributed by atoms with Gasteiger partial charge in [-0.25, -0.2) is 9.78 Å². The molecule has 0 radical (unpaired) electrons. The largest absolute Gasteiger partial charge is 0.515 e. The highest BCUT2D eigenvalue weighted by molar-refractivity contribution is 5.98. The van der Waals surface area contributed by atoms with Gasteiger partial charge in [0.1, 0.15) is 5.82 Å². The number of hydrogen-bond donors (Lipinski definition) is 4. The van der Waals surface area contributed by atoms with Crippen LogP contribution in [0.15, 0.2) is 60.5 Å². The van der Waals surface area contributed by atoms with Gasteiger partial charge in [0.25, 0.3) is 0 Å². The van der Waals surface area contributed by atoms with Crippen LogP contribution >= 0.6 is 0 Å². The molecule has 0 spiro atoms. The van der Waals surface area contributed by atoms with Gasteiger partial charge in [-0.05, 0) is 42.9 Å². The average Bonchev–Trinajstić information content (AvgIpc) is 3.27. The second-order valence-electron chi connectivity index (χ2n) is 8.75. The number of hydrogen-bond acceptors (Lipinski definition) is 5. The molecule has 3 aromatic rings. The number of anilines is 1. The van der Waals surface area contributed by atoms with Crippen LogP contribution in [0.25, 0.3) is 11.3 Å². The van der Waals surface area contributed by atoms with Crippen molar-refractivity contribution in [3.05, 3.63) is 77.3 Å². The van der Waals surface area contributed by atoms with Crippen molar-refractivity contribution in [2.24, 2.45) is 11.8 Å². The minimum absolute atomic E-state index is 0.000940. The van der Waals surface area contributed by atoms with Crippen LogP contribution in [-0.2, 0) is 16.6 Å². The Kier molecular flexibility index (Phi) is 5.00. The number of aliphatic hydroxyl groups excluding tert-OH is 1. The number of aliphatic hydroxyl groups is 1. The predicted molar refractivity (Wildman–Crippen MR) is 122 cm³/mol. The van der Waals surface area contributed by atoms with Gasteiger partial charge in [-0.15, -0.1) is 0 Å². The zero-order chi connectivity index (χ0) is 23.2. The fourth-order valence-corrected chi connectivity index (χ4v) is 5.72. The molecule has 2 heterocycles. The van der Waals surface area contributed by atoms with Crippen LogP contribution in [0.5, 0.6) is 0 Å². The molecule has 4 N–H and O–H groups in total. The van der Waals surface area contributed by atoms with E-state index in [1.54, 1.807) is 18.3 Å². The SMILES string of the molecule is C[C@@H]1C(=O)C(=CO)C[C@]2(c3ccccc3)c3n[nH]c(-c4ccc(NC(=O)O)nc4)c3CC[C@@H]12. The van der Waals surface area contributed by atoms with Gasteiger partial charge in [0, 0.05) is 34.2 Å². The molecule has 1 aromatic carbocycles. The summed E-state index contributed by atoms with van der Waals surface area (Å²) in [7, 11) is 0. The van der Waals surface area contributed by atoms with Gasteiger partial charge in [-0.2, -0.15) is 5.10 Å². The fraction of sp³-hybridized carbons (Fsp3) is 0.280. The van der Waals surface area contributed by atoms with Crippen LogP contribution in [0.4, 0.5) is 10.6 Å². The van der Waals surface area contributed by atoms with E-state index in [1.165, 1.54) is 0 Å². The Hall–Kier alpha value is -3.94. The molecule has 8 nitrogen and oxygen atoms in total. The molecule has 2 aliphatic carbocycles. The molecule has 0 bridgehead atoms. The zero-order valence-electron chi connectivity index (χ0n) is 18.1. The number of Topliss-reactive ketones (excluding diaryl/α,β-unsaturated/α-hetero) is 1. The quantitative estimate of drug-likeness (QED) is 0.349. The normalized spacial score (nSPS) is 25.4. The molecule has 33 heavy (non-hydrogen) atoms. The number of benzene rings is 1. The maximum atomic E-state index is 12.9. The lowest BCUT2D eigenvalue weighted by atomic mass is 9.52. The van der Waals surface area contributed by atoms with Crippen molar-refractivity contribution in [1.29, 1.82) is 0 Å². The molecular weight excluding hydrogens is 420 g/mol. The first-order chi connectivity index (χ1) is 16.0. The Morgan fingerprint density at radius 3 is 2.70 bits per heavy atom. The summed E-state index contributed by atoms with van der Waals surface area (Å²) >= 11 is 0. The number of allylic oxidation sites excluding steroid dienone is 1. The lowest BCUT2D eigenvalue weighted by Crippen LogP contribution is -2.50. The van der Waals surface area contributed by atoms with Crippen LogP contribution < -0.4 is 5.32 Å². The third kappa shape index (κ3) is 3.21. The number of nitrogens with one attached hydrogen (secondary N) is 2. The van der Waals surface area contributed by atoms with Crippen molar-refractivity contribution in [2.75, 3.05) is 5.32 Å². The summed E-state index contributed by atoms with van der Waals surface area (Å²) < 4.78 is 0. The lowest BCUT2D eigenvalue weighted by molar-refractivity contribution is -0.123. The maximum absolute atomic E-state index is 12.9. The summed E-state index contributed by atoms with van der Waals surface area (Å²) in [6, 6.07) is 13.5. The first-order valence-corrected chi connectivity index (χ1v) is 10.9. The molecule has 0 unspecified atom stereocenters. The van der Waals surface area contributed by atoms with E-state index in [0.29, 0.717) is 12.0 Å². The predicted octanol–water partition coefficient (Wildman–Crippen LogP) is 4.46. The van der Waals surface area contributed by atoms with Crippen LogP contribution in [0.2, 0.25) is 0 Å². The average molecular weight is 444 g/mol. The number of H-pyrrole nitrogens is 1. The Morgan fingerprint density at radius 2 is 2.03 bits per heavy atom. The van der Waals surface area contributed by atoms with Gasteiger partial charge in [-0.1, -0.05) is 37.3 Å². The summed E-state index contributed by atoms with van der Waals surface area (Å²) in [4.78, 5) is 28.0. The van der Waals surface area contributed by atoms with Crippen molar-refractivity contribution >= 4 is 17.7 Å². The number of aromatic nitrogens is 3. The Balaban J connectivity index is 1.66. The first-order valence-electron chi connectivity index (χ1n) is 10.9. The van der Waals surface area contributed by atoms with Crippen molar-refractivity contribution in [3.63, 3.8) is 0 Å². The van der Waals surface area contributed by atoms with Crippen LogP contribution in [0, 0.1) is 11.8 Å². The number of nitrogens with zero attached hydrogens (tertiary/aromatic N) is 2. The van der Waals surface area contributed by atoms with E-state index in [-0.39, 0.29) is 23.4 Å². The van der Waals surface area contributed by atoms with Crippen molar-refractivity contribution in [1.82, 2.24) is 15.2 Å². The highest BCUT2D eigenvalue weighted by atomic mass is 16.4. The molecule has 1 amide bonds. The standard InChI is InChI=1S/C25H24N4O4/c1-14-19-9-8-18-21(15-7-10-20(26-12-15)27-24(32)33)28-29-23(18)25(19,11-16(13-30)22(14)31)17-5-3-2-4-6-17/h2-7,10,12-14,19,30H,8-9,11H2,1H3,(H,26,27)(H,28,29)(H,32,33)/t14-,19-,25+/m0/s1. The van der Waals surface area contributed by atoms with Crippen LogP contribution in [-0.4, -0.2) is 37.3 Å². The van der Waals surface area contributed by atoms with Crippen molar-refractivity contribution in [2.45, 2.75) is 31.6 Å². The molecular formula is C25H24N4O4. The van der Waals surface area contributed by atoms with Gasteiger partial charge in [0.2, 0.25) is 0 Å². The van der Waals surface area contributed by atoms with Crippen molar-refractivity contribution < 1.29 is 19.8 Å². The third-order valence-electron chi connectivity index (χ3n) is 7.16. The summed E-state index contributed by atoms with van der Waals surface area (Å²) in [6.07, 6.45) is 3.36. The number of fused-ring (bicyclic) bond motifs is 3. The minimum atomic E-state index is -1.17. The maximum Gasteiger partial charge on any atom is 0.410 e. The number of carboxylic acid groups (broad SMARTS) is 1. The highest BCUT2D eigenvalue weighted by Crippen LogP contribution is 2.56. The number of ketones is 1. The van der Waals surface area contributed by atoms with Gasteiger partial charge in [-0.3, -0.25) is 15.2 Å². The molecule has 0 aliphatic heterocycles. The second-order valence-corrected chi connectivity index (χ2v) is 8.75. The van der Waals surface area contributed by atoms with E-state index in [2.05, 4.69) is 27.5 Å². The van der Waals surface area contributed by atoms with E-state index in [0.717, 1.165) is 47.2 Å². The van der Waals surface area contributed by atoms with Gasteiger partial charge < -0.3 is 10.2 Å². The molecule has 2 aliphatic rings. The topological polar surface area (TPSA) is 128 Å². The molecule has 1 fully saturated rings. The van der Waals surface area contributed by atoms with Gasteiger partial charge in [0.05, 0.1) is 17.6 Å². The monoisotopic (exact) mass is 444 g/mol. The summed E-state index contributed by atoms with van der Waals surface area (Å²) in [6.45, 7) is 1.95. The highest BCUT2D eigenvalue weighted by Gasteiger charge is 2.55. The molecule has 0 saturated heterocycles. The third-order valence-corrected chi connectivity index (χ3v) is 7.16. The summed E-state index contributed by atoms with van der Waals surface area (Å²) in [5, 5.41) is 29.0. The summed E-state index contributed by atoms with van der Waals surface area (Å²) in [5.74, 6) is 0.0606. The van der Waals surface area contributed by atoms with Gasteiger partial charge >= 0.3 is 6.09 Å². The molecule has 5 rings (SSSR count). The Labute approximate surface area is 190 Å². The zero-order valence-corrected chi connectivity index (χ0v) is 18.1. The van der Waals surface area contributed by atoms with Crippen LogP contribution in [0.1, 0.15) is 36.6 Å². The Bertz CT molecular complexity index is 1250. The number of rotatable bonds is 3. The van der Waals surface area contributed by atoms with Gasteiger partial charge in [0.15, 0.2) is 5.78 Å². The Morgan fingerprint density at radius 1 is 1.24 bits per heavy atom. The minimum Gasteiger partial charge on any atom is -0.515 e. The van der Waals surface area contributed by atoms with E-state index in [4.69, 9.17) is 10.2 Å². The second kappa shape index (κ2) is 7.88. The molecule has 8 heteroatoms. The molecule has 3 atom stereocenters. The number of amides is 1. The number of pyridine rings is 1. The van der Waals surface area contributed by atoms with E-state index in [9.17, 15) is 14.7 Å².